The first kappa shape index (κ1) is 22.8. The molecule has 0 saturated heterocycles. The van der Waals surface area contributed by atoms with Crippen LogP contribution in [-0.4, -0.2) is 18.5 Å². The molecule has 0 unspecified atom stereocenters. The summed E-state index contributed by atoms with van der Waals surface area (Å²) in [5, 5.41) is 8.57. The number of hydrogen-bond donors (Lipinski definition) is 0. The molecule has 0 spiro atoms. The van der Waals surface area contributed by atoms with Crippen molar-refractivity contribution in [1.82, 2.24) is 18.5 Å². The number of benzene rings is 6. The Labute approximate surface area is 246 Å². The van der Waals surface area contributed by atoms with E-state index < -0.39 is 0 Å². The standard InChI is InChI=1S/C39H24N4/c1-3-11-25(12-4-1)42-33-18-10-9-17-32(33)35-34(42)22-21-29-30-20-19-28-27-15-7-8-16-31(27)39-40-23-24-41(39)37(28)38(30)43(36(29)35)26-13-5-2-6-14-26/h1-24H. The first-order valence-electron chi connectivity index (χ1n) is 14.7. The number of pyridine rings is 1. The Bertz CT molecular complexity index is 2710. The molecule has 0 aliphatic carbocycles. The van der Waals surface area contributed by atoms with E-state index >= 15 is 0 Å². The van der Waals surface area contributed by atoms with E-state index in [1.807, 2.05) is 6.20 Å². The van der Waals surface area contributed by atoms with Crippen molar-refractivity contribution < 1.29 is 0 Å². The van der Waals surface area contributed by atoms with Crippen LogP contribution >= 0.6 is 0 Å². The van der Waals surface area contributed by atoms with E-state index in [0.717, 1.165) is 22.4 Å². The van der Waals surface area contributed by atoms with Crippen LogP contribution in [0.2, 0.25) is 0 Å². The summed E-state index contributed by atoms with van der Waals surface area (Å²) in [6, 6.07) is 48.1. The summed E-state index contributed by atoms with van der Waals surface area (Å²) in [7, 11) is 0. The van der Waals surface area contributed by atoms with Crippen molar-refractivity contribution in [3.8, 4) is 11.4 Å². The third kappa shape index (κ3) is 2.92. The van der Waals surface area contributed by atoms with Gasteiger partial charge < -0.3 is 9.13 Å². The molecule has 4 aromatic heterocycles. The first-order valence-corrected chi connectivity index (χ1v) is 14.7. The van der Waals surface area contributed by atoms with E-state index in [9.17, 15) is 0 Å². The largest absolute Gasteiger partial charge is 0.309 e. The van der Waals surface area contributed by atoms with Gasteiger partial charge in [0.25, 0.3) is 0 Å². The van der Waals surface area contributed by atoms with Crippen LogP contribution < -0.4 is 0 Å². The van der Waals surface area contributed by atoms with Crippen LogP contribution in [0.4, 0.5) is 0 Å². The lowest BCUT2D eigenvalue weighted by Crippen LogP contribution is -1.98. The van der Waals surface area contributed by atoms with Crippen molar-refractivity contribution in [3.05, 3.63) is 146 Å². The Morgan fingerprint density at radius 1 is 0.395 bits per heavy atom. The van der Waals surface area contributed by atoms with Crippen molar-refractivity contribution in [2.24, 2.45) is 0 Å². The van der Waals surface area contributed by atoms with Crippen LogP contribution in [0.5, 0.6) is 0 Å². The van der Waals surface area contributed by atoms with E-state index in [1.165, 1.54) is 59.9 Å². The third-order valence-electron chi connectivity index (χ3n) is 9.07. The molecule has 10 aromatic rings. The van der Waals surface area contributed by atoms with Gasteiger partial charge in [-0.25, -0.2) is 4.98 Å². The molecule has 0 aliphatic heterocycles. The average Bonchev–Trinajstić information content (AvgIpc) is 3.78. The van der Waals surface area contributed by atoms with Crippen LogP contribution in [0, 0.1) is 0 Å². The molecule has 4 nitrogen and oxygen atoms in total. The molecule has 4 heterocycles. The van der Waals surface area contributed by atoms with E-state index in [2.05, 4.69) is 153 Å². The second-order valence-electron chi connectivity index (χ2n) is 11.2. The van der Waals surface area contributed by atoms with Gasteiger partial charge in [-0.15, -0.1) is 0 Å². The van der Waals surface area contributed by atoms with Gasteiger partial charge in [0.1, 0.15) is 5.65 Å². The molecule has 43 heavy (non-hydrogen) atoms. The fraction of sp³-hybridized carbons (Fsp3) is 0. The van der Waals surface area contributed by atoms with Crippen molar-refractivity contribution in [1.29, 1.82) is 0 Å². The Kier molecular flexibility index (Phi) is 4.42. The van der Waals surface area contributed by atoms with E-state index in [1.54, 1.807) is 0 Å². The van der Waals surface area contributed by atoms with Gasteiger partial charge >= 0.3 is 0 Å². The molecule has 0 atom stereocenters. The zero-order valence-electron chi connectivity index (χ0n) is 23.1. The summed E-state index contributed by atoms with van der Waals surface area (Å²) in [6.45, 7) is 0. The topological polar surface area (TPSA) is 27.2 Å². The molecular weight excluding hydrogens is 524 g/mol. The van der Waals surface area contributed by atoms with Crippen LogP contribution in [0.1, 0.15) is 0 Å². The third-order valence-corrected chi connectivity index (χ3v) is 9.07. The van der Waals surface area contributed by atoms with Crippen LogP contribution in [0.15, 0.2) is 146 Å². The maximum Gasteiger partial charge on any atom is 0.145 e. The van der Waals surface area contributed by atoms with Gasteiger partial charge in [0, 0.05) is 56.1 Å². The molecule has 0 radical (unpaired) electrons. The Hall–Kier alpha value is -5.87. The van der Waals surface area contributed by atoms with Gasteiger partial charge in [-0.2, -0.15) is 0 Å². The zero-order valence-corrected chi connectivity index (χ0v) is 23.1. The number of rotatable bonds is 2. The minimum Gasteiger partial charge on any atom is -0.309 e. The fourth-order valence-electron chi connectivity index (χ4n) is 7.37. The highest BCUT2D eigenvalue weighted by molar-refractivity contribution is 6.30. The van der Waals surface area contributed by atoms with Gasteiger partial charge in [0.05, 0.1) is 27.6 Å². The van der Waals surface area contributed by atoms with Gasteiger partial charge in [-0.3, -0.25) is 4.40 Å². The van der Waals surface area contributed by atoms with Crippen LogP contribution in [0.25, 0.3) is 82.3 Å². The van der Waals surface area contributed by atoms with Crippen molar-refractivity contribution in [3.63, 3.8) is 0 Å². The summed E-state index contributed by atoms with van der Waals surface area (Å²) >= 11 is 0. The molecule has 0 saturated carbocycles. The second kappa shape index (κ2) is 8.34. The summed E-state index contributed by atoms with van der Waals surface area (Å²) in [5.41, 5.74) is 9.26. The summed E-state index contributed by atoms with van der Waals surface area (Å²) in [6.07, 6.45) is 4.02. The Morgan fingerprint density at radius 3 is 1.74 bits per heavy atom. The van der Waals surface area contributed by atoms with E-state index in [4.69, 9.17) is 4.98 Å². The molecule has 0 amide bonds. The van der Waals surface area contributed by atoms with Crippen LogP contribution in [-0.2, 0) is 0 Å². The summed E-state index contributed by atoms with van der Waals surface area (Å²) in [4.78, 5) is 4.84. The number of hydrogen-bond acceptors (Lipinski definition) is 1. The normalized spacial score (nSPS) is 12.2. The lowest BCUT2D eigenvalue weighted by atomic mass is 10.0. The number of imidazole rings is 1. The van der Waals surface area contributed by atoms with Gasteiger partial charge in [0.2, 0.25) is 0 Å². The van der Waals surface area contributed by atoms with E-state index in [-0.39, 0.29) is 0 Å². The van der Waals surface area contributed by atoms with Gasteiger partial charge in [-0.05, 0) is 41.8 Å². The van der Waals surface area contributed by atoms with Crippen molar-refractivity contribution in [2.75, 3.05) is 0 Å². The second-order valence-corrected chi connectivity index (χ2v) is 11.2. The predicted octanol–water partition coefficient (Wildman–Crippen LogP) is 9.83. The number of para-hydroxylation sites is 3. The number of aromatic nitrogens is 4. The minimum atomic E-state index is 0.978. The lowest BCUT2D eigenvalue weighted by molar-refractivity contribution is 1.17. The zero-order chi connectivity index (χ0) is 28.1. The molecular formula is C39H24N4. The fourth-order valence-corrected chi connectivity index (χ4v) is 7.37. The summed E-state index contributed by atoms with van der Waals surface area (Å²) < 4.78 is 7.17. The molecule has 0 fully saturated rings. The molecule has 4 heteroatoms. The van der Waals surface area contributed by atoms with Gasteiger partial charge in [-0.1, -0.05) is 97.1 Å². The quantitative estimate of drug-likeness (QED) is 0.198. The highest BCUT2D eigenvalue weighted by Crippen LogP contribution is 2.44. The highest BCUT2D eigenvalue weighted by atomic mass is 15.0. The number of nitrogens with zero attached hydrogens (tertiary/aromatic N) is 4. The predicted molar refractivity (Wildman–Crippen MR) is 179 cm³/mol. The molecule has 0 bridgehead atoms. The molecule has 0 aliphatic rings. The van der Waals surface area contributed by atoms with Gasteiger partial charge in [0.15, 0.2) is 0 Å². The van der Waals surface area contributed by atoms with Crippen LogP contribution in [0.3, 0.4) is 0 Å². The molecule has 200 valence electrons. The Balaban J connectivity index is 1.52. The monoisotopic (exact) mass is 548 g/mol. The summed E-state index contributed by atoms with van der Waals surface area (Å²) in [5.74, 6) is 0. The van der Waals surface area contributed by atoms with Crippen molar-refractivity contribution in [2.45, 2.75) is 0 Å². The lowest BCUT2D eigenvalue weighted by Gasteiger charge is -2.13. The minimum absolute atomic E-state index is 0.978. The first-order chi connectivity index (χ1) is 21.4. The average molecular weight is 549 g/mol. The molecule has 6 aromatic carbocycles. The van der Waals surface area contributed by atoms with Crippen molar-refractivity contribution >= 4 is 70.9 Å². The maximum absolute atomic E-state index is 4.84. The smallest absolute Gasteiger partial charge is 0.145 e. The number of fused-ring (bicyclic) bond motifs is 14. The SMILES string of the molecule is c1ccc(-n2c3ccccc3c3c2ccc2c4ccc5c6ccccc6c6nccn6c5c4n(-c4ccccc4)c23)cc1. The molecule has 10 rings (SSSR count). The van der Waals surface area contributed by atoms with E-state index in [0.29, 0.717) is 0 Å². The Morgan fingerprint density at radius 2 is 0.977 bits per heavy atom. The maximum atomic E-state index is 4.84. The highest BCUT2D eigenvalue weighted by Gasteiger charge is 2.23. The molecule has 0 N–H and O–H groups in total.